The van der Waals surface area contributed by atoms with Crippen molar-refractivity contribution in [2.45, 2.75) is 26.1 Å². The Hall–Kier alpha value is -3.62. The molecule has 1 saturated heterocycles. The lowest BCUT2D eigenvalue weighted by Gasteiger charge is -2.15. The number of imide groups is 1. The molecule has 1 unspecified atom stereocenters. The zero-order chi connectivity index (χ0) is 25.9. The first-order valence-electron chi connectivity index (χ1n) is 11.8. The predicted molar refractivity (Wildman–Crippen MR) is 151 cm³/mol. The minimum Gasteiger partial charge on any atom is -0.348 e. The van der Waals surface area contributed by atoms with Gasteiger partial charge in [-0.15, -0.1) is 0 Å². The predicted octanol–water partition coefficient (Wildman–Crippen LogP) is 6.52. The van der Waals surface area contributed by atoms with Gasteiger partial charge in [0.1, 0.15) is 6.54 Å². The molecule has 1 atom stereocenters. The summed E-state index contributed by atoms with van der Waals surface area (Å²) in [7, 11) is 0. The van der Waals surface area contributed by atoms with E-state index in [9.17, 15) is 14.4 Å². The number of carbonyl (C=O) groups is 3. The molecule has 0 aliphatic carbocycles. The molecule has 186 valence electrons. The van der Waals surface area contributed by atoms with Crippen LogP contribution < -0.4 is 5.32 Å². The number of thioether (sulfide) groups is 1. The van der Waals surface area contributed by atoms with Crippen molar-refractivity contribution in [3.05, 3.63) is 111 Å². The lowest BCUT2D eigenvalue weighted by atomic mass is 10.1. The molecule has 3 amide bonds. The molecule has 37 heavy (non-hydrogen) atoms. The molecule has 3 aromatic carbocycles. The molecule has 1 fully saturated rings. The summed E-state index contributed by atoms with van der Waals surface area (Å²) in [6.45, 7) is 2.31. The van der Waals surface area contributed by atoms with E-state index < -0.39 is 0 Å². The molecule has 1 aliphatic heterocycles. The first-order valence-corrected chi connectivity index (χ1v) is 13.4. The third kappa shape index (κ3) is 5.55. The number of fused-ring (bicyclic) bond motifs is 1. The van der Waals surface area contributed by atoms with Crippen molar-refractivity contribution in [2.75, 3.05) is 0 Å². The van der Waals surface area contributed by atoms with Crippen molar-refractivity contribution in [1.29, 1.82) is 0 Å². The van der Waals surface area contributed by atoms with E-state index in [0.29, 0.717) is 4.91 Å². The number of benzene rings is 3. The van der Waals surface area contributed by atoms with Crippen molar-refractivity contribution >= 4 is 61.7 Å². The number of hydrogen-bond donors (Lipinski definition) is 1. The van der Waals surface area contributed by atoms with Crippen LogP contribution in [0.5, 0.6) is 0 Å². The Balaban J connectivity index is 1.36. The monoisotopic (exact) mass is 573 g/mol. The van der Waals surface area contributed by atoms with Gasteiger partial charge in [-0.3, -0.25) is 19.3 Å². The summed E-state index contributed by atoms with van der Waals surface area (Å²) in [6, 6.07) is 25.0. The van der Waals surface area contributed by atoms with Crippen LogP contribution in [0.25, 0.3) is 17.0 Å². The van der Waals surface area contributed by atoms with Crippen LogP contribution in [0.3, 0.4) is 0 Å². The second kappa shape index (κ2) is 10.8. The number of amides is 3. The van der Waals surface area contributed by atoms with Crippen LogP contribution >= 0.6 is 27.7 Å². The van der Waals surface area contributed by atoms with E-state index in [-0.39, 0.29) is 36.2 Å². The molecule has 1 aromatic heterocycles. The Labute approximate surface area is 227 Å². The summed E-state index contributed by atoms with van der Waals surface area (Å²) >= 11 is 4.34. The molecule has 1 N–H and O–H groups in total. The number of hydrogen-bond acceptors (Lipinski definition) is 4. The quantitative estimate of drug-likeness (QED) is 0.255. The van der Waals surface area contributed by atoms with Crippen molar-refractivity contribution in [1.82, 2.24) is 14.8 Å². The molecule has 0 bridgehead atoms. The van der Waals surface area contributed by atoms with E-state index in [4.69, 9.17) is 0 Å². The average Bonchev–Trinajstić information content (AvgIpc) is 3.37. The Morgan fingerprint density at radius 1 is 1.00 bits per heavy atom. The van der Waals surface area contributed by atoms with Gasteiger partial charge in [0.25, 0.3) is 11.1 Å². The van der Waals surface area contributed by atoms with Gasteiger partial charge in [-0.05, 0) is 54.1 Å². The van der Waals surface area contributed by atoms with Crippen LogP contribution in [-0.4, -0.2) is 26.5 Å². The largest absolute Gasteiger partial charge is 0.348 e. The molecule has 8 heteroatoms. The van der Waals surface area contributed by atoms with E-state index in [1.807, 2.05) is 96.6 Å². The first-order chi connectivity index (χ1) is 17.9. The van der Waals surface area contributed by atoms with E-state index in [1.165, 1.54) is 4.90 Å². The van der Waals surface area contributed by atoms with Gasteiger partial charge in [0.05, 0.1) is 17.5 Å². The number of aromatic nitrogens is 1. The molecule has 5 rings (SSSR count). The Bertz CT molecular complexity index is 1510. The molecule has 0 saturated carbocycles. The molecular formula is C29H24BrN3O3S. The zero-order valence-electron chi connectivity index (χ0n) is 20.1. The second-order valence-electron chi connectivity index (χ2n) is 8.82. The van der Waals surface area contributed by atoms with Crippen LogP contribution in [-0.2, 0) is 22.7 Å². The van der Waals surface area contributed by atoms with Gasteiger partial charge < -0.3 is 9.88 Å². The van der Waals surface area contributed by atoms with E-state index >= 15 is 0 Å². The third-order valence-corrected chi connectivity index (χ3v) is 7.66. The third-order valence-electron chi connectivity index (χ3n) is 6.22. The number of nitrogens with one attached hydrogen (secondary N) is 1. The van der Waals surface area contributed by atoms with Gasteiger partial charge in [0.15, 0.2) is 0 Å². The molecule has 4 aromatic rings. The zero-order valence-corrected chi connectivity index (χ0v) is 22.5. The van der Waals surface area contributed by atoms with Crippen molar-refractivity contribution in [3.8, 4) is 0 Å². The minimum atomic E-state index is -0.316. The van der Waals surface area contributed by atoms with Gasteiger partial charge >= 0.3 is 0 Å². The SMILES string of the molecule is CC(NC(=O)Cn1cc(/C=C2\SC(=O)N(Cc3ccc(Br)cc3)C2=O)c2ccccc21)c1ccccc1. The van der Waals surface area contributed by atoms with Crippen LogP contribution in [0.15, 0.2) is 94.4 Å². The molecule has 0 radical (unpaired) electrons. The van der Waals surface area contributed by atoms with Crippen molar-refractivity contribution in [2.24, 2.45) is 0 Å². The maximum atomic E-state index is 13.1. The van der Waals surface area contributed by atoms with Crippen LogP contribution in [0.2, 0.25) is 0 Å². The highest BCUT2D eigenvalue weighted by molar-refractivity contribution is 9.10. The van der Waals surface area contributed by atoms with Crippen LogP contribution in [0.1, 0.15) is 29.7 Å². The molecule has 6 nitrogen and oxygen atoms in total. The average molecular weight is 575 g/mol. The summed E-state index contributed by atoms with van der Waals surface area (Å²) < 4.78 is 2.81. The summed E-state index contributed by atoms with van der Waals surface area (Å²) in [5.74, 6) is -0.428. The summed E-state index contributed by atoms with van der Waals surface area (Å²) in [6.07, 6.45) is 3.61. The topological polar surface area (TPSA) is 71.4 Å². The smallest absolute Gasteiger partial charge is 0.293 e. The first kappa shape index (κ1) is 25.0. The fraction of sp³-hybridized carbons (Fsp3) is 0.138. The maximum Gasteiger partial charge on any atom is 0.293 e. The standard InChI is InChI=1S/C29H24BrN3O3S/c1-19(21-7-3-2-4-8-21)31-27(34)18-32-17-22(24-9-5-6-10-25(24)32)15-26-28(35)33(29(36)37-26)16-20-11-13-23(30)14-12-20/h2-15,17,19H,16,18H2,1H3,(H,31,34)/b26-15-. The normalized spacial score (nSPS) is 15.5. The Morgan fingerprint density at radius 2 is 1.70 bits per heavy atom. The fourth-order valence-corrected chi connectivity index (χ4v) is 5.43. The molecular weight excluding hydrogens is 550 g/mol. The lowest BCUT2D eigenvalue weighted by molar-refractivity contribution is -0.123. The van der Waals surface area contributed by atoms with Gasteiger partial charge in [-0.2, -0.15) is 0 Å². The number of halogens is 1. The van der Waals surface area contributed by atoms with Gasteiger partial charge in [-0.1, -0.05) is 76.6 Å². The van der Waals surface area contributed by atoms with Crippen molar-refractivity contribution in [3.63, 3.8) is 0 Å². The van der Waals surface area contributed by atoms with Gasteiger partial charge in [0.2, 0.25) is 5.91 Å². The van der Waals surface area contributed by atoms with Crippen LogP contribution in [0.4, 0.5) is 4.79 Å². The van der Waals surface area contributed by atoms with E-state index in [2.05, 4.69) is 21.2 Å². The highest BCUT2D eigenvalue weighted by Gasteiger charge is 2.35. The van der Waals surface area contributed by atoms with Gasteiger partial charge in [0, 0.05) is 27.1 Å². The van der Waals surface area contributed by atoms with E-state index in [0.717, 1.165) is 43.8 Å². The fourth-order valence-electron chi connectivity index (χ4n) is 4.34. The Morgan fingerprint density at radius 3 is 2.46 bits per heavy atom. The molecule has 2 heterocycles. The minimum absolute atomic E-state index is 0.113. The number of nitrogens with zero attached hydrogens (tertiary/aromatic N) is 2. The molecule has 1 aliphatic rings. The maximum absolute atomic E-state index is 13.1. The van der Waals surface area contributed by atoms with Gasteiger partial charge in [-0.25, -0.2) is 0 Å². The molecule has 0 spiro atoms. The lowest BCUT2D eigenvalue weighted by Crippen LogP contribution is -2.29. The number of carbonyl (C=O) groups excluding carboxylic acids is 3. The summed E-state index contributed by atoms with van der Waals surface area (Å²) in [5.41, 5.74) is 3.57. The number of rotatable bonds is 7. The highest BCUT2D eigenvalue weighted by atomic mass is 79.9. The summed E-state index contributed by atoms with van der Waals surface area (Å²) in [4.78, 5) is 40.2. The van der Waals surface area contributed by atoms with Crippen LogP contribution in [0, 0.1) is 0 Å². The van der Waals surface area contributed by atoms with E-state index in [1.54, 1.807) is 6.08 Å². The van der Waals surface area contributed by atoms with Crippen molar-refractivity contribution < 1.29 is 14.4 Å². The second-order valence-corrected chi connectivity index (χ2v) is 10.7. The Kier molecular flexibility index (Phi) is 7.30. The highest BCUT2D eigenvalue weighted by Crippen LogP contribution is 2.35. The summed E-state index contributed by atoms with van der Waals surface area (Å²) in [5, 5.41) is 3.66. The number of para-hydroxylation sites is 1.